The van der Waals surface area contributed by atoms with Crippen molar-refractivity contribution in [1.29, 1.82) is 0 Å². The summed E-state index contributed by atoms with van der Waals surface area (Å²) in [6, 6.07) is 12.1. The molecular formula is C17H14Cl2O2. The van der Waals surface area contributed by atoms with Gasteiger partial charge in [0.05, 0.1) is 10.0 Å². The van der Waals surface area contributed by atoms with Crippen LogP contribution in [0.3, 0.4) is 0 Å². The summed E-state index contributed by atoms with van der Waals surface area (Å²) in [5, 5.41) is 0.651. The molecule has 0 spiro atoms. The Morgan fingerprint density at radius 3 is 2.29 bits per heavy atom. The highest BCUT2D eigenvalue weighted by Crippen LogP contribution is 2.34. The lowest BCUT2D eigenvalue weighted by atomic mass is 10.0. The highest BCUT2D eigenvalue weighted by Gasteiger charge is 2.15. The zero-order chi connectivity index (χ0) is 15.2. The second-order valence-corrected chi connectivity index (χ2v) is 5.16. The molecule has 2 aromatic rings. The Labute approximate surface area is 134 Å². The number of allylic oxidation sites excluding steroid dienone is 1. The second-order valence-electron chi connectivity index (χ2n) is 4.34. The number of halogens is 2. The fraction of sp³-hybridized carbons (Fsp3) is 0.118. The van der Waals surface area contributed by atoms with E-state index in [9.17, 15) is 4.79 Å². The largest absolute Gasteiger partial charge is 0.486 e. The number of hydrogen-bond acceptors (Lipinski definition) is 2. The van der Waals surface area contributed by atoms with Gasteiger partial charge < -0.3 is 4.74 Å². The summed E-state index contributed by atoms with van der Waals surface area (Å²) in [5.74, 6) is 0.264. The smallest absolute Gasteiger partial charge is 0.193 e. The third kappa shape index (κ3) is 3.87. The van der Waals surface area contributed by atoms with E-state index in [0.29, 0.717) is 33.5 Å². The second kappa shape index (κ2) is 7.30. The quantitative estimate of drug-likeness (QED) is 0.560. The van der Waals surface area contributed by atoms with Crippen LogP contribution in [0.15, 0.2) is 54.6 Å². The molecule has 2 nitrogen and oxygen atoms in total. The summed E-state index contributed by atoms with van der Waals surface area (Å²) in [5.41, 5.74) is 1.03. The fourth-order valence-electron chi connectivity index (χ4n) is 1.81. The molecule has 0 saturated heterocycles. The number of hydrogen-bond donors (Lipinski definition) is 0. The van der Waals surface area contributed by atoms with E-state index in [1.54, 1.807) is 24.3 Å². The summed E-state index contributed by atoms with van der Waals surface area (Å²) in [7, 11) is 0. The standard InChI is InChI=1S/C17H14Cl2O2/c1-2-3-9-21-17-14(18)10-13(11-15(17)19)16(20)12-7-5-4-6-8-12/h2-8,10-11H,9H2,1H3/b3-2+. The Morgan fingerprint density at radius 1 is 1.10 bits per heavy atom. The molecule has 0 saturated carbocycles. The van der Waals surface area contributed by atoms with Gasteiger partial charge in [-0.05, 0) is 19.1 Å². The number of rotatable bonds is 5. The molecule has 0 aliphatic rings. The zero-order valence-corrected chi connectivity index (χ0v) is 13.0. The van der Waals surface area contributed by atoms with Gasteiger partial charge in [0.2, 0.25) is 0 Å². The minimum Gasteiger partial charge on any atom is -0.486 e. The molecule has 2 rings (SSSR count). The Morgan fingerprint density at radius 2 is 1.71 bits per heavy atom. The van der Waals surface area contributed by atoms with Gasteiger partial charge in [0.15, 0.2) is 11.5 Å². The first-order valence-corrected chi connectivity index (χ1v) is 7.22. The van der Waals surface area contributed by atoms with Crippen LogP contribution in [0.1, 0.15) is 22.8 Å². The molecule has 0 aliphatic heterocycles. The van der Waals surface area contributed by atoms with Crippen LogP contribution >= 0.6 is 23.2 Å². The van der Waals surface area contributed by atoms with Crippen molar-refractivity contribution in [2.24, 2.45) is 0 Å². The summed E-state index contributed by atoms with van der Waals surface area (Å²) in [4.78, 5) is 12.4. The van der Waals surface area contributed by atoms with Crippen molar-refractivity contribution < 1.29 is 9.53 Å². The van der Waals surface area contributed by atoms with E-state index in [4.69, 9.17) is 27.9 Å². The molecule has 0 fully saturated rings. The third-order valence-corrected chi connectivity index (χ3v) is 3.42. The highest BCUT2D eigenvalue weighted by molar-refractivity contribution is 6.38. The normalized spacial score (nSPS) is 10.8. The van der Waals surface area contributed by atoms with Crippen molar-refractivity contribution >= 4 is 29.0 Å². The van der Waals surface area contributed by atoms with Crippen molar-refractivity contribution in [3.8, 4) is 5.75 Å². The van der Waals surface area contributed by atoms with Gasteiger partial charge in [0.25, 0.3) is 0 Å². The van der Waals surface area contributed by atoms with Gasteiger partial charge >= 0.3 is 0 Å². The summed E-state index contributed by atoms with van der Waals surface area (Å²) < 4.78 is 5.49. The van der Waals surface area contributed by atoms with E-state index < -0.39 is 0 Å². The molecule has 0 bridgehead atoms. The van der Waals surface area contributed by atoms with E-state index in [2.05, 4.69) is 0 Å². The van der Waals surface area contributed by atoms with Crippen LogP contribution < -0.4 is 4.74 Å². The monoisotopic (exact) mass is 320 g/mol. The number of carbonyl (C=O) groups is 1. The Hall–Kier alpha value is -1.77. The van der Waals surface area contributed by atoms with Crippen LogP contribution in [-0.4, -0.2) is 12.4 Å². The third-order valence-electron chi connectivity index (χ3n) is 2.86. The van der Waals surface area contributed by atoms with Gasteiger partial charge in [0.1, 0.15) is 6.61 Å². The molecule has 21 heavy (non-hydrogen) atoms. The zero-order valence-electron chi connectivity index (χ0n) is 11.5. The summed E-state index contributed by atoms with van der Waals surface area (Å²) in [6.45, 7) is 2.27. The summed E-state index contributed by atoms with van der Waals surface area (Å²) in [6.07, 6.45) is 3.71. The van der Waals surface area contributed by atoms with Gasteiger partial charge in [-0.15, -0.1) is 0 Å². The number of carbonyl (C=O) groups excluding carboxylic acids is 1. The number of benzene rings is 2. The number of ether oxygens (including phenoxy) is 1. The van der Waals surface area contributed by atoms with Crippen LogP contribution in [0.25, 0.3) is 0 Å². The van der Waals surface area contributed by atoms with Crippen LogP contribution in [0.5, 0.6) is 5.75 Å². The first kappa shape index (κ1) is 15.6. The van der Waals surface area contributed by atoms with Gasteiger partial charge in [0, 0.05) is 11.1 Å². The Bertz CT molecular complexity index is 641. The van der Waals surface area contributed by atoms with E-state index in [1.807, 2.05) is 37.3 Å². The predicted molar refractivity (Wildman–Crippen MR) is 86.6 cm³/mol. The lowest BCUT2D eigenvalue weighted by Crippen LogP contribution is -2.02. The average Bonchev–Trinajstić information content (AvgIpc) is 2.50. The maximum atomic E-state index is 12.4. The van der Waals surface area contributed by atoms with Crippen LogP contribution in [0.4, 0.5) is 0 Å². The van der Waals surface area contributed by atoms with Gasteiger partial charge in [-0.3, -0.25) is 4.79 Å². The van der Waals surface area contributed by atoms with Crippen LogP contribution in [0, 0.1) is 0 Å². The fourth-order valence-corrected chi connectivity index (χ4v) is 2.41. The lowest BCUT2D eigenvalue weighted by Gasteiger charge is -2.10. The molecule has 0 N–H and O–H groups in total. The van der Waals surface area contributed by atoms with Crippen LogP contribution in [-0.2, 0) is 0 Å². The van der Waals surface area contributed by atoms with Crippen molar-refractivity contribution in [1.82, 2.24) is 0 Å². The minimum atomic E-state index is -0.126. The molecule has 0 aliphatic carbocycles. The SMILES string of the molecule is C/C=C/COc1c(Cl)cc(C(=O)c2ccccc2)cc1Cl. The molecule has 0 aromatic heterocycles. The van der Waals surface area contributed by atoms with E-state index >= 15 is 0 Å². The molecule has 0 unspecified atom stereocenters. The summed E-state index contributed by atoms with van der Waals surface area (Å²) >= 11 is 12.3. The molecule has 0 atom stereocenters. The first-order valence-electron chi connectivity index (χ1n) is 6.46. The first-order chi connectivity index (χ1) is 10.1. The van der Waals surface area contributed by atoms with E-state index in [0.717, 1.165) is 0 Å². The molecule has 4 heteroatoms. The molecular weight excluding hydrogens is 307 g/mol. The highest BCUT2D eigenvalue weighted by atomic mass is 35.5. The maximum absolute atomic E-state index is 12.4. The molecule has 0 amide bonds. The van der Waals surface area contributed by atoms with Gasteiger partial charge in [-0.25, -0.2) is 0 Å². The van der Waals surface area contributed by atoms with Crippen molar-refractivity contribution in [3.63, 3.8) is 0 Å². The molecule has 0 radical (unpaired) electrons. The molecule has 2 aromatic carbocycles. The predicted octanol–water partition coefficient (Wildman–Crippen LogP) is 5.18. The Kier molecular flexibility index (Phi) is 5.43. The minimum absolute atomic E-state index is 0.126. The van der Waals surface area contributed by atoms with Crippen molar-refractivity contribution in [3.05, 3.63) is 75.8 Å². The molecule has 0 heterocycles. The van der Waals surface area contributed by atoms with E-state index in [1.165, 1.54) is 0 Å². The number of ketones is 1. The Balaban J connectivity index is 2.29. The topological polar surface area (TPSA) is 26.3 Å². The molecule has 108 valence electrons. The van der Waals surface area contributed by atoms with Crippen molar-refractivity contribution in [2.75, 3.05) is 6.61 Å². The van der Waals surface area contributed by atoms with E-state index in [-0.39, 0.29) is 5.78 Å². The van der Waals surface area contributed by atoms with Gasteiger partial charge in [-0.2, -0.15) is 0 Å². The van der Waals surface area contributed by atoms with Gasteiger partial charge in [-0.1, -0.05) is 65.7 Å². The average molecular weight is 321 g/mol. The lowest BCUT2D eigenvalue weighted by molar-refractivity contribution is 0.103. The van der Waals surface area contributed by atoms with Crippen molar-refractivity contribution in [2.45, 2.75) is 6.92 Å². The maximum Gasteiger partial charge on any atom is 0.193 e. The van der Waals surface area contributed by atoms with Crippen LogP contribution in [0.2, 0.25) is 10.0 Å².